The smallest absolute Gasteiger partial charge is 0.277 e. The van der Waals surface area contributed by atoms with E-state index in [1.54, 1.807) is 48.5 Å². The first-order chi connectivity index (χ1) is 15.9. The molecule has 0 atom stereocenters. The van der Waals surface area contributed by atoms with E-state index in [0.29, 0.717) is 27.8 Å². The number of nitriles is 1. The van der Waals surface area contributed by atoms with Gasteiger partial charge in [-0.05, 0) is 42.0 Å². The standard InChI is InChI=1S/C24H18ClN3O5/c1-32-23-13-16(12-17(14-26)18-6-2-5-9-21(18)28(30)31)10-11-22(23)33-15-24(29)27-20-8-4-3-7-19(20)25/h2-13H,15H2,1H3,(H,27,29)/b17-12+. The zero-order valence-electron chi connectivity index (χ0n) is 17.4. The van der Waals surface area contributed by atoms with E-state index in [2.05, 4.69) is 5.32 Å². The van der Waals surface area contributed by atoms with Gasteiger partial charge in [0, 0.05) is 6.07 Å². The maximum Gasteiger partial charge on any atom is 0.277 e. The van der Waals surface area contributed by atoms with E-state index in [9.17, 15) is 20.2 Å². The van der Waals surface area contributed by atoms with Crippen LogP contribution in [0.2, 0.25) is 5.02 Å². The van der Waals surface area contributed by atoms with Crippen LogP contribution in [0, 0.1) is 21.4 Å². The maximum absolute atomic E-state index is 12.2. The molecule has 3 rings (SSSR count). The van der Waals surface area contributed by atoms with Gasteiger partial charge in [0.25, 0.3) is 11.6 Å². The molecular formula is C24H18ClN3O5. The minimum Gasteiger partial charge on any atom is -0.493 e. The minimum absolute atomic E-state index is 0.122. The monoisotopic (exact) mass is 463 g/mol. The molecule has 33 heavy (non-hydrogen) atoms. The molecule has 3 aromatic rings. The van der Waals surface area contributed by atoms with E-state index in [0.717, 1.165) is 0 Å². The number of ether oxygens (including phenoxy) is 2. The summed E-state index contributed by atoms with van der Waals surface area (Å²) in [4.78, 5) is 23.0. The first-order valence-corrected chi connectivity index (χ1v) is 10.0. The number of hydrogen-bond donors (Lipinski definition) is 1. The number of nitro groups is 1. The highest BCUT2D eigenvalue weighted by molar-refractivity contribution is 6.33. The van der Waals surface area contributed by atoms with E-state index in [1.165, 1.54) is 31.4 Å². The number of carbonyl (C=O) groups is 1. The molecule has 0 bridgehead atoms. The second-order valence-electron chi connectivity index (χ2n) is 6.67. The highest BCUT2D eigenvalue weighted by Crippen LogP contribution is 2.31. The molecule has 0 saturated heterocycles. The number of hydrogen-bond acceptors (Lipinski definition) is 6. The summed E-state index contributed by atoms with van der Waals surface area (Å²) in [7, 11) is 1.44. The quantitative estimate of drug-likeness (QED) is 0.209. The third-order valence-electron chi connectivity index (χ3n) is 4.52. The number of allylic oxidation sites excluding steroid dienone is 1. The first-order valence-electron chi connectivity index (χ1n) is 9.63. The predicted octanol–water partition coefficient (Wildman–Crippen LogP) is 5.34. The lowest BCUT2D eigenvalue weighted by molar-refractivity contribution is -0.385. The minimum atomic E-state index is -0.536. The molecule has 0 saturated carbocycles. The van der Waals surface area contributed by atoms with Crippen LogP contribution in [0.1, 0.15) is 11.1 Å². The third-order valence-corrected chi connectivity index (χ3v) is 4.85. The van der Waals surface area contributed by atoms with Crippen LogP contribution in [0.5, 0.6) is 11.5 Å². The van der Waals surface area contributed by atoms with Gasteiger partial charge in [0.15, 0.2) is 18.1 Å². The van der Waals surface area contributed by atoms with Crippen molar-refractivity contribution in [3.63, 3.8) is 0 Å². The number of halogens is 1. The predicted molar refractivity (Wildman–Crippen MR) is 125 cm³/mol. The van der Waals surface area contributed by atoms with Gasteiger partial charge >= 0.3 is 0 Å². The van der Waals surface area contributed by atoms with Crippen LogP contribution in [-0.2, 0) is 4.79 Å². The number of para-hydroxylation sites is 2. The molecule has 0 radical (unpaired) electrons. The van der Waals surface area contributed by atoms with Gasteiger partial charge in [0.2, 0.25) is 0 Å². The zero-order chi connectivity index (χ0) is 23.8. The van der Waals surface area contributed by atoms with E-state index in [4.69, 9.17) is 21.1 Å². The van der Waals surface area contributed by atoms with Gasteiger partial charge in [0.1, 0.15) is 6.07 Å². The highest BCUT2D eigenvalue weighted by atomic mass is 35.5. The molecule has 0 aliphatic rings. The lowest BCUT2D eigenvalue weighted by Gasteiger charge is -2.12. The fourth-order valence-electron chi connectivity index (χ4n) is 2.98. The van der Waals surface area contributed by atoms with Gasteiger partial charge in [-0.15, -0.1) is 0 Å². The molecule has 8 nitrogen and oxygen atoms in total. The number of carbonyl (C=O) groups excluding carboxylic acids is 1. The van der Waals surface area contributed by atoms with Crippen molar-refractivity contribution in [2.45, 2.75) is 0 Å². The van der Waals surface area contributed by atoms with Crippen molar-refractivity contribution >= 4 is 40.5 Å². The van der Waals surface area contributed by atoms with Crippen molar-refractivity contribution < 1.29 is 19.2 Å². The lowest BCUT2D eigenvalue weighted by Crippen LogP contribution is -2.20. The summed E-state index contributed by atoms with van der Waals surface area (Å²) >= 11 is 6.03. The summed E-state index contributed by atoms with van der Waals surface area (Å²) in [5, 5.41) is 23.9. The van der Waals surface area contributed by atoms with Gasteiger partial charge < -0.3 is 14.8 Å². The molecule has 1 amide bonds. The molecular weight excluding hydrogens is 446 g/mol. The van der Waals surface area contributed by atoms with Gasteiger partial charge in [0.05, 0.1) is 33.9 Å². The fraction of sp³-hybridized carbons (Fsp3) is 0.0833. The van der Waals surface area contributed by atoms with Crippen molar-refractivity contribution in [1.29, 1.82) is 5.26 Å². The Bertz CT molecular complexity index is 1270. The normalized spacial score (nSPS) is 10.8. The molecule has 0 aliphatic carbocycles. The average Bonchev–Trinajstić information content (AvgIpc) is 2.83. The second kappa shape index (κ2) is 10.8. The van der Waals surface area contributed by atoms with E-state index in [-0.39, 0.29) is 23.4 Å². The number of rotatable bonds is 8. The van der Waals surface area contributed by atoms with E-state index >= 15 is 0 Å². The molecule has 0 aromatic heterocycles. The maximum atomic E-state index is 12.2. The molecule has 1 N–H and O–H groups in total. The van der Waals surface area contributed by atoms with Crippen molar-refractivity contribution in [3.05, 3.63) is 93.0 Å². The number of anilines is 1. The van der Waals surface area contributed by atoms with Crippen LogP contribution >= 0.6 is 11.6 Å². The largest absolute Gasteiger partial charge is 0.493 e. The van der Waals surface area contributed by atoms with Crippen LogP contribution in [0.25, 0.3) is 11.6 Å². The lowest BCUT2D eigenvalue weighted by atomic mass is 10.0. The van der Waals surface area contributed by atoms with Gasteiger partial charge in [-0.2, -0.15) is 5.26 Å². The Morgan fingerprint density at radius 2 is 1.88 bits per heavy atom. The summed E-state index contributed by atoms with van der Waals surface area (Å²) in [6.45, 7) is -0.281. The Morgan fingerprint density at radius 3 is 2.58 bits per heavy atom. The summed E-state index contributed by atoms with van der Waals surface area (Å²) in [6.07, 6.45) is 1.51. The SMILES string of the molecule is COc1cc(/C=C(\C#N)c2ccccc2[N+](=O)[O-])ccc1OCC(=O)Nc1ccccc1Cl. The van der Waals surface area contributed by atoms with Crippen LogP contribution in [-0.4, -0.2) is 24.5 Å². The van der Waals surface area contributed by atoms with Crippen LogP contribution in [0.4, 0.5) is 11.4 Å². The van der Waals surface area contributed by atoms with E-state index < -0.39 is 10.8 Å². The Hall–Kier alpha value is -4.35. The summed E-state index contributed by atoms with van der Waals surface area (Å²) < 4.78 is 10.9. The number of benzene rings is 3. The van der Waals surface area contributed by atoms with E-state index in [1.807, 2.05) is 6.07 Å². The van der Waals surface area contributed by atoms with Crippen LogP contribution in [0.3, 0.4) is 0 Å². The molecule has 0 unspecified atom stereocenters. The number of nitrogens with one attached hydrogen (secondary N) is 1. The van der Waals surface area contributed by atoms with Crippen molar-refractivity contribution in [1.82, 2.24) is 0 Å². The van der Waals surface area contributed by atoms with Crippen molar-refractivity contribution in [3.8, 4) is 17.6 Å². The number of methoxy groups -OCH3 is 1. The molecule has 0 heterocycles. The molecule has 0 aliphatic heterocycles. The molecule has 9 heteroatoms. The second-order valence-corrected chi connectivity index (χ2v) is 7.08. The van der Waals surface area contributed by atoms with Crippen molar-refractivity contribution in [2.24, 2.45) is 0 Å². The average molecular weight is 464 g/mol. The molecule has 0 spiro atoms. The Morgan fingerprint density at radius 1 is 1.15 bits per heavy atom. The third kappa shape index (κ3) is 5.87. The molecule has 166 valence electrons. The molecule has 3 aromatic carbocycles. The summed E-state index contributed by atoms with van der Waals surface area (Å²) in [5.41, 5.74) is 1.20. The summed E-state index contributed by atoms with van der Waals surface area (Å²) in [6, 6.07) is 19.7. The van der Waals surface area contributed by atoms with Gasteiger partial charge in [-0.1, -0.05) is 41.9 Å². The Labute approximate surface area is 194 Å². The van der Waals surface area contributed by atoms with Crippen molar-refractivity contribution in [2.75, 3.05) is 19.0 Å². The van der Waals surface area contributed by atoms with Crippen LogP contribution in [0.15, 0.2) is 66.7 Å². The number of nitrogens with zero attached hydrogens (tertiary/aromatic N) is 2. The Kier molecular flexibility index (Phi) is 7.63. The summed E-state index contributed by atoms with van der Waals surface area (Å²) in [5.74, 6) is 0.236. The number of amides is 1. The topological polar surface area (TPSA) is 114 Å². The highest BCUT2D eigenvalue weighted by Gasteiger charge is 2.16. The Balaban J connectivity index is 1.78. The first kappa shape index (κ1) is 23.3. The fourth-order valence-corrected chi connectivity index (χ4v) is 3.17. The van der Waals surface area contributed by atoms with Gasteiger partial charge in [-0.3, -0.25) is 14.9 Å². The molecule has 0 fully saturated rings. The van der Waals surface area contributed by atoms with Gasteiger partial charge in [-0.25, -0.2) is 0 Å². The zero-order valence-corrected chi connectivity index (χ0v) is 18.2. The number of nitro benzene ring substituents is 1. The van der Waals surface area contributed by atoms with Crippen LogP contribution < -0.4 is 14.8 Å².